The van der Waals surface area contributed by atoms with Gasteiger partial charge in [0.05, 0.1) is 25.4 Å². The first kappa shape index (κ1) is 17.3. The normalized spacial score (nSPS) is 25.7. The molecule has 2 atom stereocenters. The van der Waals surface area contributed by atoms with E-state index < -0.39 is 0 Å². The Kier molecular flexibility index (Phi) is 4.83. The van der Waals surface area contributed by atoms with Gasteiger partial charge in [-0.1, -0.05) is 12.1 Å². The highest BCUT2D eigenvalue weighted by Crippen LogP contribution is 2.36. The van der Waals surface area contributed by atoms with E-state index in [9.17, 15) is 4.39 Å². The van der Waals surface area contributed by atoms with Gasteiger partial charge < -0.3 is 14.8 Å². The highest BCUT2D eigenvalue weighted by atomic mass is 19.1. The van der Waals surface area contributed by atoms with Crippen molar-refractivity contribution in [2.45, 2.75) is 31.0 Å². The standard InChI is InChI=1S/C21H25FN2O2/c1-25-20-8-6-18(7-9-20)23-19-12-21(26-14-19)10-11-24(15-21)13-16-2-4-17(22)5-3-16/h2-9,19,23H,10-15H2,1H3/t19-,21+/m1/s1. The lowest BCUT2D eigenvalue weighted by Crippen LogP contribution is -2.33. The SMILES string of the molecule is COc1ccc(N[C@H]2CO[C@@]3(CCN(Cc4ccc(F)cc4)C3)C2)cc1. The quantitative estimate of drug-likeness (QED) is 0.886. The molecule has 5 heteroatoms. The monoisotopic (exact) mass is 356 g/mol. The van der Waals surface area contributed by atoms with Crippen LogP contribution in [-0.2, 0) is 11.3 Å². The predicted octanol–water partition coefficient (Wildman–Crippen LogP) is 3.68. The molecule has 138 valence electrons. The fourth-order valence-electron chi connectivity index (χ4n) is 4.05. The maximum absolute atomic E-state index is 13.1. The first-order valence-corrected chi connectivity index (χ1v) is 9.15. The molecule has 2 heterocycles. The second-order valence-electron chi connectivity index (χ2n) is 7.36. The summed E-state index contributed by atoms with van der Waals surface area (Å²) in [6.45, 7) is 3.54. The predicted molar refractivity (Wildman–Crippen MR) is 100.0 cm³/mol. The average Bonchev–Trinajstić information content (AvgIpc) is 3.24. The lowest BCUT2D eigenvalue weighted by molar-refractivity contribution is 0.0120. The zero-order valence-corrected chi connectivity index (χ0v) is 15.1. The van der Waals surface area contributed by atoms with Crippen LogP contribution in [0.15, 0.2) is 48.5 Å². The van der Waals surface area contributed by atoms with Crippen molar-refractivity contribution in [1.82, 2.24) is 4.90 Å². The second kappa shape index (κ2) is 7.25. The van der Waals surface area contributed by atoms with Crippen LogP contribution in [0.1, 0.15) is 18.4 Å². The summed E-state index contributed by atoms with van der Waals surface area (Å²) in [7, 11) is 1.68. The highest BCUT2D eigenvalue weighted by Gasteiger charge is 2.45. The largest absolute Gasteiger partial charge is 0.497 e. The first-order valence-electron chi connectivity index (χ1n) is 9.15. The molecular formula is C21H25FN2O2. The number of anilines is 1. The molecule has 0 bridgehead atoms. The van der Waals surface area contributed by atoms with Crippen molar-refractivity contribution in [2.75, 3.05) is 32.1 Å². The molecule has 0 amide bonds. The van der Waals surface area contributed by atoms with E-state index in [1.807, 2.05) is 36.4 Å². The average molecular weight is 356 g/mol. The van der Waals surface area contributed by atoms with Gasteiger partial charge in [-0.05, 0) is 48.4 Å². The molecule has 0 aliphatic carbocycles. The number of benzene rings is 2. The van der Waals surface area contributed by atoms with Gasteiger partial charge in [-0.25, -0.2) is 4.39 Å². The van der Waals surface area contributed by atoms with Crippen molar-refractivity contribution in [3.8, 4) is 5.75 Å². The van der Waals surface area contributed by atoms with Crippen LogP contribution in [0.2, 0.25) is 0 Å². The van der Waals surface area contributed by atoms with Crippen LogP contribution >= 0.6 is 0 Å². The van der Waals surface area contributed by atoms with Gasteiger partial charge >= 0.3 is 0 Å². The minimum absolute atomic E-state index is 0.0514. The van der Waals surface area contributed by atoms with E-state index in [0.717, 1.165) is 56.1 Å². The summed E-state index contributed by atoms with van der Waals surface area (Å²) in [5.41, 5.74) is 2.19. The van der Waals surface area contributed by atoms with Gasteiger partial charge in [0.25, 0.3) is 0 Å². The number of nitrogens with zero attached hydrogens (tertiary/aromatic N) is 1. The Labute approximate surface area is 153 Å². The summed E-state index contributed by atoms with van der Waals surface area (Å²) < 4.78 is 24.5. The molecule has 2 saturated heterocycles. The van der Waals surface area contributed by atoms with Crippen LogP contribution in [-0.4, -0.2) is 43.3 Å². The molecule has 0 saturated carbocycles. The van der Waals surface area contributed by atoms with E-state index >= 15 is 0 Å². The summed E-state index contributed by atoms with van der Waals surface area (Å²) in [6, 6.07) is 15.1. The van der Waals surface area contributed by atoms with Gasteiger partial charge in [-0.3, -0.25) is 4.90 Å². The molecule has 2 aromatic rings. The molecule has 0 radical (unpaired) electrons. The van der Waals surface area contributed by atoms with E-state index in [0.29, 0.717) is 6.04 Å². The van der Waals surface area contributed by atoms with Gasteiger partial charge in [0.1, 0.15) is 11.6 Å². The van der Waals surface area contributed by atoms with E-state index in [4.69, 9.17) is 9.47 Å². The van der Waals surface area contributed by atoms with Gasteiger partial charge in [0.2, 0.25) is 0 Å². The molecule has 1 N–H and O–H groups in total. The van der Waals surface area contributed by atoms with Crippen molar-refractivity contribution in [3.05, 3.63) is 59.9 Å². The van der Waals surface area contributed by atoms with E-state index in [1.54, 1.807) is 7.11 Å². The smallest absolute Gasteiger partial charge is 0.123 e. The third-order valence-electron chi connectivity index (χ3n) is 5.38. The third-order valence-corrected chi connectivity index (χ3v) is 5.38. The molecule has 2 fully saturated rings. The highest BCUT2D eigenvalue weighted by molar-refractivity contribution is 5.47. The Morgan fingerprint density at radius 3 is 2.69 bits per heavy atom. The van der Waals surface area contributed by atoms with Crippen LogP contribution in [0.3, 0.4) is 0 Å². The van der Waals surface area contributed by atoms with E-state index in [2.05, 4.69) is 10.2 Å². The molecule has 2 aliphatic heterocycles. The van der Waals surface area contributed by atoms with Gasteiger partial charge in [-0.2, -0.15) is 0 Å². The number of hydrogen-bond acceptors (Lipinski definition) is 4. The van der Waals surface area contributed by atoms with Crippen LogP contribution in [0, 0.1) is 5.82 Å². The summed E-state index contributed by atoms with van der Waals surface area (Å²) in [5.74, 6) is 0.681. The number of nitrogens with one attached hydrogen (secondary N) is 1. The Morgan fingerprint density at radius 1 is 1.19 bits per heavy atom. The Balaban J connectivity index is 1.32. The summed E-state index contributed by atoms with van der Waals surface area (Å²) in [4.78, 5) is 2.41. The minimum atomic E-state index is -0.182. The number of halogens is 1. The summed E-state index contributed by atoms with van der Waals surface area (Å²) in [5, 5.41) is 3.57. The second-order valence-corrected chi connectivity index (χ2v) is 7.36. The molecule has 4 rings (SSSR count). The number of rotatable bonds is 5. The maximum atomic E-state index is 13.1. The Hall–Kier alpha value is -2.11. The number of hydrogen-bond donors (Lipinski definition) is 1. The topological polar surface area (TPSA) is 33.7 Å². The van der Waals surface area contributed by atoms with Crippen LogP contribution in [0.25, 0.3) is 0 Å². The zero-order valence-electron chi connectivity index (χ0n) is 15.1. The molecule has 26 heavy (non-hydrogen) atoms. The maximum Gasteiger partial charge on any atom is 0.123 e. The van der Waals surface area contributed by atoms with Crippen molar-refractivity contribution in [3.63, 3.8) is 0 Å². The van der Waals surface area contributed by atoms with Gasteiger partial charge in [0, 0.05) is 31.7 Å². The van der Waals surface area contributed by atoms with Crippen LogP contribution < -0.4 is 10.1 Å². The van der Waals surface area contributed by atoms with Crippen molar-refractivity contribution < 1.29 is 13.9 Å². The Bertz CT molecular complexity index is 735. The molecule has 0 aromatic heterocycles. The molecule has 1 spiro atoms. The molecule has 2 aliphatic rings. The number of likely N-dealkylation sites (tertiary alicyclic amines) is 1. The molecule has 4 nitrogen and oxygen atoms in total. The number of ether oxygens (including phenoxy) is 2. The molecule has 2 aromatic carbocycles. The van der Waals surface area contributed by atoms with Gasteiger partial charge in [0.15, 0.2) is 0 Å². The molecule has 0 unspecified atom stereocenters. The fourth-order valence-corrected chi connectivity index (χ4v) is 4.05. The summed E-state index contributed by atoms with van der Waals surface area (Å²) >= 11 is 0. The van der Waals surface area contributed by atoms with Crippen molar-refractivity contribution in [1.29, 1.82) is 0 Å². The van der Waals surface area contributed by atoms with Gasteiger partial charge in [-0.15, -0.1) is 0 Å². The minimum Gasteiger partial charge on any atom is -0.497 e. The third kappa shape index (κ3) is 3.84. The van der Waals surface area contributed by atoms with Crippen LogP contribution in [0.4, 0.5) is 10.1 Å². The Morgan fingerprint density at radius 2 is 1.96 bits per heavy atom. The van der Waals surface area contributed by atoms with E-state index in [1.165, 1.54) is 12.1 Å². The lowest BCUT2D eigenvalue weighted by Gasteiger charge is -2.23. The summed E-state index contributed by atoms with van der Waals surface area (Å²) in [6.07, 6.45) is 2.06. The fraction of sp³-hybridized carbons (Fsp3) is 0.429. The van der Waals surface area contributed by atoms with E-state index in [-0.39, 0.29) is 11.4 Å². The lowest BCUT2D eigenvalue weighted by atomic mass is 9.97. The molecular weight excluding hydrogens is 331 g/mol. The first-order chi connectivity index (χ1) is 12.6. The zero-order chi connectivity index (χ0) is 18.0. The van der Waals surface area contributed by atoms with Crippen molar-refractivity contribution in [2.24, 2.45) is 0 Å². The van der Waals surface area contributed by atoms with Crippen molar-refractivity contribution >= 4 is 5.69 Å². The number of methoxy groups -OCH3 is 1. The van der Waals surface area contributed by atoms with Crippen LogP contribution in [0.5, 0.6) is 5.75 Å².